The van der Waals surface area contributed by atoms with Crippen LogP contribution < -0.4 is 14.8 Å². The molecule has 0 bridgehead atoms. The number of rotatable bonds is 8. The Morgan fingerprint density at radius 3 is 2.63 bits per heavy atom. The Labute approximate surface area is 186 Å². The van der Waals surface area contributed by atoms with E-state index in [1.807, 2.05) is 6.07 Å². The molecule has 0 aliphatic rings. The highest BCUT2D eigenvalue weighted by atomic mass is 79.9. The van der Waals surface area contributed by atoms with Crippen LogP contribution in [0.2, 0.25) is 5.02 Å². The number of carboxylic acid groups (broad SMARTS) is 1. The quantitative estimate of drug-likeness (QED) is 0.394. The molecule has 0 heterocycles. The summed E-state index contributed by atoms with van der Waals surface area (Å²) >= 11 is 9.55. The number of benzene rings is 3. The number of hydrogen-bond acceptors (Lipinski definition) is 4. The number of ether oxygens (including phenoxy) is 2. The van der Waals surface area contributed by atoms with Gasteiger partial charge in [-0.1, -0.05) is 45.7 Å². The second-order valence-corrected chi connectivity index (χ2v) is 7.55. The Morgan fingerprint density at radius 1 is 1.20 bits per heavy atom. The molecule has 8 heteroatoms. The van der Waals surface area contributed by atoms with Crippen LogP contribution >= 0.6 is 27.5 Å². The molecule has 30 heavy (non-hydrogen) atoms. The zero-order valence-corrected chi connectivity index (χ0v) is 18.3. The lowest BCUT2D eigenvalue weighted by Gasteiger charge is -2.18. The van der Waals surface area contributed by atoms with Crippen molar-refractivity contribution in [2.24, 2.45) is 0 Å². The van der Waals surface area contributed by atoms with Crippen LogP contribution in [0.4, 0.5) is 10.1 Å². The molecule has 0 unspecified atom stereocenters. The molecule has 0 radical (unpaired) electrons. The van der Waals surface area contributed by atoms with E-state index in [-0.39, 0.29) is 23.0 Å². The van der Waals surface area contributed by atoms with E-state index in [4.69, 9.17) is 26.2 Å². The Balaban J connectivity index is 1.84. The highest BCUT2D eigenvalue weighted by molar-refractivity contribution is 9.10. The number of halogens is 3. The van der Waals surface area contributed by atoms with Crippen LogP contribution in [0.1, 0.15) is 21.5 Å². The van der Waals surface area contributed by atoms with Crippen molar-refractivity contribution < 1.29 is 23.8 Å². The van der Waals surface area contributed by atoms with E-state index in [1.54, 1.807) is 36.4 Å². The van der Waals surface area contributed by atoms with Crippen LogP contribution in [0.3, 0.4) is 0 Å². The van der Waals surface area contributed by atoms with Gasteiger partial charge in [0.25, 0.3) is 0 Å². The van der Waals surface area contributed by atoms with Gasteiger partial charge < -0.3 is 19.9 Å². The highest BCUT2D eigenvalue weighted by Gasteiger charge is 2.16. The average Bonchev–Trinajstić information content (AvgIpc) is 2.72. The fraction of sp³-hybridized carbons (Fsp3) is 0.136. The molecule has 0 spiro atoms. The fourth-order valence-corrected chi connectivity index (χ4v) is 3.53. The minimum absolute atomic E-state index is 0.0266. The van der Waals surface area contributed by atoms with Gasteiger partial charge in [-0.2, -0.15) is 0 Å². The standard InChI is InChI=1S/C22H18BrClFNO4/c1-29-20-9-8-17(23)16(21(20)30-12-13-4-2-3-5-19(13)25)11-26-14-6-7-15(22(27)28)18(24)10-14/h2-10,26H,11-12H2,1H3,(H,27,28). The van der Waals surface area contributed by atoms with Crippen molar-refractivity contribution in [1.82, 2.24) is 0 Å². The first-order valence-corrected chi connectivity index (χ1v) is 10.1. The molecular weight excluding hydrogens is 477 g/mol. The van der Waals surface area contributed by atoms with Crippen molar-refractivity contribution in [2.75, 3.05) is 12.4 Å². The van der Waals surface area contributed by atoms with Crippen molar-refractivity contribution in [3.8, 4) is 11.5 Å². The Morgan fingerprint density at radius 2 is 1.97 bits per heavy atom. The van der Waals surface area contributed by atoms with Gasteiger partial charge >= 0.3 is 5.97 Å². The molecule has 0 saturated carbocycles. The first-order chi connectivity index (χ1) is 14.4. The maximum Gasteiger partial charge on any atom is 0.337 e. The van der Waals surface area contributed by atoms with Gasteiger partial charge in [-0.05, 0) is 36.4 Å². The zero-order valence-electron chi connectivity index (χ0n) is 15.9. The van der Waals surface area contributed by atoms with Crippen LogP contribution in [0.15, 0.2) is 59.1 Å². The molecule has 0 aliphatic heterocycles. The van der Waals surface area contributed by atoms with E-state index in [0.29, 0.717) is 29.3 Å². The van der Waals surface area contributed by atoms with Crippen molar-refractivity contribution in [3.05, 3.63) is 86.6 Å². The van der Waals surface area contributed by atoms with Crippen molar-refractivity contribution >= 4 is 39.2 Å². The molecule has 2 N–H and O–H groups in total. The third kappa shape index (κ3) is 5.04. The van der Waals surface area contributed by atoms with E-state index in [1.165, 1.54) is 19.2 Å². The minimum atomic E-state index is -1.09. The van der Waals surface area contributed by atoms with Gasteiger partial charge in [0.2, 0.25) is 0 Å². The van der Waals surface area contributed by atoms with Gasteiger partial charge in [0.1, 0.15) is 12.4 Å². The first-order valence-electron chi connectivity index (χ1n) is 8.89. The average molecular weight is 495 g/mol. The molecule has 0 fully saturated rings. The Kier molecular flexibility index (Phi) is 7.18. The summed E-state index contributed by atoms with van der Waals surface area (Å²) in [5, 5.41) is 12.4. The smallest absolute Gasteiger partial charge is 0.337 e. The molecule has 156 valence electrons. The molecule has 5 nitrogen and oxygen atoms in total. The minimum Gasteiger partial charge on any atom is -0.493 e. The van der Waals surface area contributed by atoms with Gasteiger partial charge in [0.15, 0.2) is 11.5 Å². The number of carbonyl (C=O) groups is 1. The summed E-state index contributed by atoms with van der Waals surface area (Å²) in [6.45, 7) is 0.360. The lowest BCUT2D eigenvalue weighted by Crippen LogP contribution is -2.07. The van der Waals surface area contributed by atoms with Crippen molar-refractivity contribution in [2.45, 2.75) is 13.2 Å². The van der Waals surface area contributed by atoms with Gasteiger partial charge in [0, 0.05) is 27.8 Å². The zero-order chi connectivity index (χ0) is 21.7. The predicted molar refractivity (Wildman–Crippen MR) is 117 cm³/mol. The highest BCUT2D eigenvalue weighted by Crippen LogP contribution is 2.37. The van der Waals surface area contributed by atoms with Gasteiger partial charge in [-0.15, -0.1) is 0 Å². The first kappa shape index (κ1) is 21.9. The van der Waals surface area contributed by atoms with E-state index in [9.17, 15) is 9.18 Å². The number of carboxylic acids is 1. The second-order valence-electron chi connectivity index (χ2n) is 6.29. The van der Waals surface area contributed by atoms with E-state index in [2.05, 4.69) is 21.2 Å². The van der Waals surface area contributed by atoms with Crippen LogP contribution in [-0.2, 0) is 13.2 Å². The van der Waals surface area contributed by atoms with Crippen LogP contribution in [0.5, 0.6) is 11.5 Å². The second kappa shape index (κ2) is 9.82. The normalized spacial score (nSPS) is 10.5. The number of nitrogens with one attached hydrogen (secondary N) is 1. The number of aromatic carboxylic acids is 1. The third-order valence-electron chi connectivity index (χ3n) is 4.39. The number of hydrogen-bond donors (Lipinski definition) is 2. The summed E-state index contributed by atoms with van der Waals surface area (Å²) in [6.07, 6.45) is 0. The predicted octanol–water partition coefficient (Wildman–Crippen LogP) is 6.14. The Bertz CT molecular complexity index is 1080. The molecule has 0 amide bonds. The van der Waals surface area contributed by atoms with Crippen LogP contribution in [-0.4, -0.2) is 18.2 Å². The summed E-state index contributed by atoms with van der Waals surface area (Å²) in [5.41, 5.74) is 1.84. The molecule has 3 aromatic rings. The topological polar surface area (TPSA) is 67.8 Å². The molecule has 0 aromatic heterocycles. The maximum absolute atomic E-state index is 14.0. The summed E-state index contributed by atoms with van der Waals surface area (Å²) < 4.78 is 26.1. The largest absolute Gasteiger partial charge is 0.493 e. The lowest BCUT2D eigenvalue weighted by molar-refractivity contribution is 0.0697. The Hall–Kier alpha value is -2.77. The van der Waals surface area contributed by atoms with Crippen LogP contribution in [0.25, 0.3) is 0 Å². The third-order valence-corrected chi connectivity index (χ3v) is 5.44. The van der Waals surface area contributed by atoms with E-state index < -0.39 is 5.97 Å². The monoisotopic (exact) mass is 493 g/mol. The molecule has 3 aromatic carbocycles. The van der Waals surface area contributed by atoms with Gasteiger partial charge in [-0.25, -0.2) is 9.18 Å². The SMILES string of the molecule is COc1ccc(Br)c(CNc2ccc(C(=O)O)c(Cl)c2)c1OCc1ccccc1F. The molecule has 0 atom stereocenters. The van der Waals surface area contributed by atoms with Gasteiger partial charge in [-0.3, -0.25) is 0 Å². The summed E-state index contributed by atoms with van der Waals surface area (Å²) in [4.78, 5) is 11.1. The number of anilines is 1. The molecule has 0 saturated heterocycles. The van der Waals surface area contributed by atoms with E-state index >= 15 is 0 Å². The van der Waals surface area contributed by atoms with E-state index in [0.717, 1.165) is 10.0 Å². The molecule has 0 aliphatic carbocycles. The fourth-order valence-electron chi connectivity index (χ4n) is 2.82. The number of methoxy groups -OCH3 is 1. The van der Waals surface area contributed by atoms with Crippen molar-refractivity contribution in [1.29, 1.82) is 0 Å². The molecule has 3 rings (SSSR count). The van der Waals surface area contributed by atoms with Gasteiger partial charge in [0.05, 0.1) is 17.7 Å². The van der Waals surface area contributed by atoms with Crippen LogP contribution in [0, 0.1) is 5.82 Å². The van der Waals surface area contributed by atoms with Crippen molar-refractivity contribution in [3.63, 3.8) is 0 Å². The summed E-state index contributed by atoms with van der Waals surface area (Å²) in [7, 11) is 1.53. The molecular formula is C22H18BrClFNO4. The maximum atomic E-state index is 14.0. The lowest BCUT2D eigenvalue weighted by atomic mass is 10.1. The summed E-state index contributed by atoms with van der Waals surface area (Å²) in [5.74, 6) is -0.466. The summed E-state index contributed by atoms with van der Waals surface area (Å²) in [6, 6.07) is 14.6.